The molecule has 2 aromatic carbocycles. The summed E-state index contributed by atoms with van der Waals surface area (Å²) in [6, 6.07) is 18.9. The molecule has 0 radical (unpaired) electrons. The Hall–Kier alpha value is -2.04. The van der Waals surface area contributed by atoms with E-state index in [0.717, 1.165) is 0 Å². The molecule has 0 aliphatic heterocycles. The molecular weight excluding hydrogens is 228 g/mol. The van der Waals surface area contributed by atoms with Crippen molar-refractivity contribution in [3.63, 3.8) is 0 Å². The highest BCUT2D eigenvalue weighted by Crippen LogP contribution is 2.22. The molecule has 0 aliphatic rings. The van der Waals surface area contributed by atoms with E-state index in [0.29, 0.717) is 0 Å². The molecule has 0 amide bonds. The molecular formula is C19H20. The van der Waals surface area contributed by atoms with Gasteiger partial charge in [-0.25, -0.2) is 0 Å². The van der Waals surface area contributed by atoms with E-state index in [9.17, 15) is 0 Å². The van der Waals surface area contributed by atoms with E-state index in [-0.39, 0.29) is 5.41 Å². The van der Waals surface area contributed by atoms with E-state index in [1.54, 1.807) is 0 Å². The minimum atomic E-state index is 0.210. The maximum Gasteiger partial charge on any atom is -0.0127 e. The average molecular weight is 248 g/mol. The quantitative estimate of drug-likeness (QED) is 0.632. The first-order chi connectivity index (χ1) is 9.05. The molecule has 2 aromatic rings. The largest absolute Gasteiger partial charge is 0.120 e. The summed E-state index contributed by atoms with van der Waals surface area (Å²) in [4.78, 5) is 0. The third kappa shape index (κ3) is 3.98. The number of rotatable bonds is 2. The Morgan fingerprint density at radius 1 is 0.737 bits per heavy atom. The minimum absolute atomic E-state index is 0.210. The van der Waals surface area contributed by atoms with Crippen molar-refractivity contribution in [3.8, 4) is 0 Å². The highest BCUT2D eigenvalue weighted by Gasteiger charge is 2.12. The summed E-state index contributed by atoms with van der Waals surface area (Å²) in [6.07, 6.45) is 4.01. The van der Waals surface area contributed by atoms with Gasteiger partial charge in [0, 0.05) is 0 Å². The van der Waals surface area contributed by atoms with Crippen molar-refractivity contribution in [1.82, 2.24) is 0 Å². The van der Waals surface area contributed by atoms with Crippen LogP contribution < -0.4 is 0 Å². The van der Waals surface area contributed by atoms with Gasteiger partial charge in [-0.2, -0.15) is 0 Å². The van der Waals surface area contributed by atoms with Crippen molar-refractivity contribution in [2.75, 3.05) is 0 Å². The fourth-order valence-corrected chi connectivity index (χ4v) is 1.86. The van der Waals surface area contributed by atoms with Crippen molar-refractivity contribution in [2.45, 2.75) is 26.2 Å². The Labute approximate surface area is 116 Å². The van der Waals surface area contributed by atoms with E-state index in [2.05, 4.69) is 62.9 Å². The number of benzene rings is 2. The zero-order chi connectivity index (χ0) is 13.7. The second kappa shape index (κ2) is 5.73. The van der Waals surface area contributed by atoms with E-state index in [4.69, 9.17) is 0 Å². The first-order valence-corrected chi connectivity index (χ1v) is 6.64. The molecule has 96 valence electrons. The SMILES string of the molecule is CC(C)(C)c1ccc(C=C=Cc2ccccc2)cc1. The van der Waals surface area contributed by atoms with Crippen LogP contribution in [0.4, 0.5) is 0 Å². The molecule has 0 aliphatic carbocycles. The standard InChI is InChI=1S/C19H20/c1-19(2,3)18-14-12-17(13-15-18)11-7-10-16-8-5-4-6-9-16/h4-6,8-15H,1-3H3. The van der Waals surface area contributed by atoms with E-state index in [1.807, 2.05) is 30.4 Å². The molecule has 0 nitrogen and oxygen atoms in total. The summed E-state index contributed by atoms with van der Waals surface area (Å²) in [7, 11) is 0. The van der Waals surface area contributed by atoms with Crippen molar-refractivity contribution >= 4 is 12.2 Å². The van der Waals surface area contributed by atoms with Gasteiger partial charge in [-0.1, -0.05) is 75.4 Å². The van der Waals surface area contributed by atoms with Gasteiger partial charge in [0.05, 0.1) is 0 Å². The lowest BCUT2D eigenvalue weighted by molar-refractivity contribution is 0.590. The summed E-state index contributed by atoms with van der Waals surface area (Å²) < 4.78 is 0. The monoisotopic (exact) mass is 248 g/mol. The van der Waals surface area contributed by atoms with Crippen LogP contribution in [0.25, 0.3) is 12.2 Å². The van der Waals surface area contributed by atoms with Gasteiger partial charge < -0.3 is 0 Å². The van der Waals surface area contributed by atoms with Crippen LogP contribution in [0.1, 0.15) is 37.5 Å². The zero-order valence-electron chi connectivity index (χ0n) is 11.9. The zero-order valence-corrected chi connectivity index (χ0v) is 11.9. The van der Waals surface area contributed by atoms with E-state index >= 15 is 0 Å². The molecule has 0 heterocycles. The lowest BCUT2D eigenvalue weighted by atomic mass is 9.87. The number of hydrogen-bond donors (Lipinski definition) is 0. The van der Waals surface area contributed by atoms with Gasteiger partial charge >= 0.3 is 0 Å². The first-order valence-electron chi connectivity index (χ1n) is 6.64. The predicted octanol–water partition coefficient (Wildman–Crippen LogP) is 5.31. The van der Waals surface area contributed by atoms with Crippen LogP contribution >= 0.6 is 0 Å². The Kier molecular flexibility index (Phi) is 4.04. The molecule has 0 saturated carbocycles. The molecule has 0 atom stereocenters. The van der Waals surface area contributed by atoms with Crippen LogP contribution in [-0.2, 0) is 5.41 Å². The van der Waals surface area contributed by atoms with Crippen molar-refractivity contribution in [2.24, 2.45) is 0 Å². The molecule has 0 N–H and O–H groups in total. The summed E-state index contributed by atoms with van der Waals surface area (Å²) >= 11 is 0. The third-order valence-electron chi connectivity index (χ3n) is 3.08. The molecule has 0 spiro atoms. The molecule has 0 saturated heterocycles. The molecule has 0 unspecified atom stereocenters. The summed E-state index contributed by atoms with van der Waals surface area (Å²) in [5.74, 6) is 0. The Morgan fingerprint density at radius 3 is 1.79 bits per heavy atom. The fourth-order valence-electron chi connectivity index (χ4n) is 1.86. The van der Waals surface area contributed by atoms with Crippen molar-refractivity contribution in [1.29, 1.82) is 0 Å². The molecule has 0 fully saturated rings. The van der Waals surface area contributed by atoms with Crippen LogP contribution in [-0.4, -0.2) is 0 Å². The van der Waals surface area contributed by atoms with Gasteiger partial charge in [0.15, 0.2) is 0 Å². The molecule has 0 bridgehead atoms. The minimum Gasteiger partial charge on any atom is -0.120 e. The summed E-state index contributed by atoms with van der Waals surface area (Å²) in [5, 5.41) is 0. The Morgan fingerprint density at radius 2 is 1.26 bits per heavy atom. The van der Waals surface area contributed by atoms with Crippen LogP contribution in [0.15, 0.2) is 60.3 Å². The van der Waals surface area contributed by atoms with E-state index in [1.165, 1.54) is 16.7 Å². The second-order valence-electron chi connectivity index (χ2n) is 5.74. The Bertz CT molecular complexity index is 574. The summed E-state index contributed by atoms with van der Waals surface area (Å²) in [5.41, 5.74) is 7.15. The fraction of sp³-hybridized carbons (Fsp3) is 0.211. The Balaban J connectivity index is 2.14. The van der Waals surface area contributed by atoms with Gasteiger partial charge in [-0.05, 0) is 34.3 Å². The van der Waals surface area contributed by atoms with Crippen LogP contribution in [0.5, 0.6) is 0 Å². The maximum absolute atomic E-state index is 3.23. The second-order valence-corrected chi connectivity index (χ2v) is 5.74. The topological polar surface area (TPSA) is 0 Å². The predicted molar refractivity (Wildman–Crippen MR) is 84.0 cm³/mol. The number of hydrogen-bond acceptors (Lipinski definition) is 0. The van der Waals surface area contributed by atoms with Crippen molar-refractivity contribution < 1.29 is 0 Å². The van der Waals surface area contributed by atoms with Crippen LogP contribution in [0.3, 0.4) is 0 Å². The lowest BCUT2D eigenvalue weighted by Gasteiger charge is -2.18. The molecule has 0 heteroatoms. The van der Waals surface area contributed by atoms with Gasteiger partial charge in [-0.15, -0.1) is 5.73 Å². The maximum atomic E-state index is 3.23. The molecule has 19 heavy (non-hydrogen) atoms. The molecule has 2 rings (SSSR count). The van der Waals surface area contributed by atoms with Gasteiger partial charge in [0.25, 0.3) is 0 Å². The highest BCUT2D eigenvalue weighted by molar-refractivity contribution is 5.57. The normalized spacial score (nSPS) is 10.7. The lowest BCUT2D eigenvalue weighted by Crippen LogP contribution is -2.10. The van der Waals surface area contributed by atoms with Gasteiger partial charge in [0.1, 0.15) is 0 Å². The van der Waals surface area contributed by atoms with Gasteiger partial charge in [-0.3, -0.25) is 0 Å². The molecule has 0 aromatic heterocycles. The smallest absolute Gasteiger partial charge is 0.0127 e. The highest BCUT2D eigenvalue weighted by atomic mass is 14.2. The van der Waals surface area contributed by atoms with E-state index < -0.39 is 0 Å². The summed E-state index contributed by atoms with van der Waals surface area (Å²) in [6.45, 7) is 6.69. The van der Waals surface area contributed by atoms with Gasteiger partial charge in [0.2, 0.25) is 0 Å². The van der Waals surface area contributed by atoms with Crippen LogP contribution in [0, 0.1) is 0 Å². The van der Waals surface area contributed by atoms with Crippen molar-refractivity contribution in [3.05, 3.63) is 77.0 Å². The van der Waals surface area contributed by atoms with Crippen LogP contribution in [0.2, 0.25) is 0 Å². The third-order valence-corrected chi connectivity index (χ3v) is 3.08. The average Bonchev–Trinajstić information content (AvgIpc) is 2.39. The first kappa shape index (κ1) is 13.4.